The van der Waals surface area contributed by atoms with Gasteiger partial charge in [-0.25, -0.2) is 5.84 Å². The minimum atomic E-state index is 0.185. The number of hydrazine groups is 1. The second-order valence-corrected chi connectivity index (χ2v) is 6.33. The van der Waals surface area contributed by atoms with Crippen LogP contribution >= 0.6 is 0 Å². The van der Waals surface area contributed by atoms with Crippen molar-refractivity contribution >= 4 is 5.96 Å². The molecular weight excluding hydrogens is 228 g/mol. The van der Waals surface area contributed by atoms with Gasteiger partial charge in [-0.2, -0.15) is 0 Å². The fourth-order valence-electron chi connectivity index (χ4n) is 2.63. The molecule has 1 unspecified atom stereocenters. The first-order chi connectivity index (χ1) is 8.27. The molecule has 1 rings (SSSR count). The highest BCUT2D eigenvalue weighted by atomic mass is 16.5. The lowest BCUT2D eigenvalue weighted by Crippen LogP contribution is -2.47. The third-order valence-corrected chi connectivity index (χ3v) is 4.69. The van der Waals surface area contributed by atoms with Gasteiger partial charge >= 0.3 is 0 Å². The number of aliphatic imine (C=N–C) groups is 1. The second kappa shape index (κ2) is 5.45. The zero-order valence-corrected chi connectivity index (χ0v) is 12.5. The summed E-state index contributed by atoms with van der Waals surface area (Å²) in [6.07, 6.45) is 0. The van der Waals surface area contributed by atoms with Crippen molar-refractivity contribution in [3.8, 4) is 0 Å². The van der Waals surface area contributed by atoms with Crippen molar-refractivity contribution in [3.63, 3.8) is 0 Å². The first kappa shape index (κ1) is 15.2. The molecule has 0 spiro atoms. The van der Waals surface area contributed by atoms with Crippen molar-refractivity contribution in [2.24, 2.45) is 27.6 Å². The molecule has 4 N–H and O–H groups in total. The number of hydrogen-bond donors (Lipinski definition) is 3. The number of nitrogens with two attached hydrogens (primary N) is 1. The van der Waals surface area contributed by atoms with E-state index in [0.717, 1.165) is 6.54 Å². The standard InChI is InChI=1S/C13H28N4O/c1-9(8-18-6)16-11(17-14)15-7-10-12(2,3)13(10,4)5/h9-10H,7-8,14H2,1-6H3,(H2,15,16,17). The average molecular weight is 256 g/mol. The third-order valence-electron chi connectivity index (χ3n) is 4.69. The Kier molecular flexibility index (Phi) is 4.61. The number of nitrogens with zero attached hydrogens (tertiary/aromatic N) is 1. The molecule has 0 heterocycles. The molecule has 1 aliphatic rings. The van der Waals surface area contributed by atoms with Gasteiger partial charge in [-0.3, -0.25) is 10.4 Å². The maximum absolute atomic E-state index is 5.47. The van der Waals surface area contributed by atoms with E-state index < -0.39 is 0 Å². The number of rotatable bonds is 5. The molecule has 5 heteroatoms. The molecule has 18 heavy (non-hydrogen) atoms. The molecule has 0 radical (unpaired) electrons. The van der Waals surface area contributed by atoms with E-state index in [1.54, 1.807) is 7.11 Å². The molecule has 0 saturated heterocycles. The van der Waals surface area contributed by atoms with Crippen LogP contribution in [-0.2, 0) is 4.74 Å². The molecule has 106 valence electrons. The highest BCUT2D eigenvalue weighted by molar-refractivity contribution is 5.79. The van der Waals surface area contributed by atoms with E-state index in [4.69, 9.17) is 10.6 Å². The highest BCUT2D eigenvalue weighted by Gasteiger charge is 2.64. The Balaban J connectivity index is 2.50. The largest absolute Gasteiger partial charge is 0.383 e. The lowest BCUT2D eigenvalue weighted by molar-refractivity contribution is 0.179. The fraction of sp³-hybridized carbons (Fsp3) is 0.923. The summed E-state index contributed by atoms with van der Waals surface area (Å²) in [6.45, 7) is 12.6. The van der Waals surface area contributed by atoms with Crippen LogP contribution in [0.3, 0.4) is 0 Å². The van der Waals surface area contributed by atoms with Crippen LogP contribution in [0.5, 0.6) is 0 Å². The molecule has 0 aromatic rings. The summed E-state index contributed by atoms with van der Waals surface area (Å²) in [5.41, 5.74) is 3.32. The topological polar surface area (TPSA) is 71.7 Å². The van der Waals surface area contributed by atoms with Gasteiger partial charge < -0.3 is 10.1 Å². The van der Waals surface area contributed by atoms with Crippen LogP contribution in [0.4, 0.5) is 0 Å². The van der Waals surface area contributed by atoms with Crippen molar-refractivity contribution in [2.45, 2.75) is 40.7 Å². The van der Waals surface area contributed by atoms with E-state index in [1.165, 1.54) is 0 Å². The lowest BCUT2D eigenvalue weighted by Gasteiger charge is -2.15. The number of guanidine groups is 1. The summed E-state index contributed by atoms with van der Waals surface area (Å²) in [4.78, 5) is 4.53. The third kappa shape index (κ3) is 2.95. The molecule has 0 aromatic carbocycles. The molecule has 0 aliphatic heterocycles. The quantitative estimate of drug-likeness (QED) is 0.298. The summed E-state index contributed by atoms with van der Waals surface area (Å²) in [7, 11) is 1.68. The summed E-state index contributed by atoms with van der Waals surface area (Å²) in [5.74, 6) is 6.72. The van der Waals surface area contributed by atoms with Gasteiger partial charge in [0.05, 0.1) is 6.61 Å². The normalized spacial score (nSPS) is 23.6. The molecule has 1 atom stereocenters. The number of nitrogens with one attached hydrogen (secondary N) is 2. The first-order valence-corrected chi connectivity index (χ1v) is 6.54. The molecular formula is C13H28N4O. The van der Waals surface area contributed by atoms with Gasteiger partial charge in [0.1, 0.15) is 0 Å². The van der Waals surface area contributed by atoms with E-state index in [2.05, 4.69) is 43.4 Å². The highest BCUT2D eigenvalue weighted by Crippen LogP contribution is 2.68. The predicted octanol–water partition coefficient (Wildman–Crippen LogP) is 1.11. The maximum atomic E-state index is 5.47. The minimum absolute atomic E-state index is 0.185. The van der Waals surface area contributed by atoms with Gasteiger partial charge in [-0.15, -0.1) is 0 Å². The van der Waals surface area contributed by atoms with E-state index in [0.29, 0.717) is 29.3 Å². The summed E-state index contributed by atoms with van der Waals surface area (Å²) in [6, 6.07) is 0.185. The van der Waals surface area contributed by atoms with Gasteiger partial charge in [-0.05, 0) is 23.7 Å². The lowest BCUT2D eigenvalue weighted by atomic mass is 10.0. The van der Waals surface area contributed by atoms with Crippen molar-refractivity contribution in [1.82, 2.24) is 10.7 Å². The zero-order valence-electron chi connectivity index (χ0n) is 12.5. The van der Waals surface area contributed by atoms with Crippen LogP contribution < -0.4 is 16.6 Å². The Morgan fingerprint density at radius 3 is 2.28 bits per heavy atom. The predicted molar refractivity (Wildman–Crippen MR) is 75.2 cm³/mol. The molecule has 1 saturated carbocycles. The minimum Gasteiger partial charge on any atom is -0.383 e. The molecule has 0 amide bonds. The number of ether oxygens (including phenoxy) is 1. The maximum Gasteiger partial charge on any atom is 0.206 e. The van der Waals surface area contributed by atoms with Crippen molar-refractivity contribution in [1.29, 1.82) is 0 Å². The van der Waals surface area contributed by atoms with Crippen molar-refractivity contribution in [2.75, 3.05) is 20.3 Å². The van der Waals surface area contributed by atoms with Gasteiger partial charge in [0.25, 0.3) is 0 Å². The fourth-order valence-corrected chi connectivity index (χ4v) is 2.63. The molecule has 0 aromatic heterocycles. The second-order valence-electron chi connectivity index (χ2n) is 6.33. The van der Waals surface area contributed by atoms with E-state index in [9.17, 15) is 0 Å². The van der Waals surface area contributed by atoms with Crippen LogP contribution in [-0.4, -0.2) is 32.3 Å². The first-order valence-electron chi connectivity index (χ1n) is 6.54. The van der Waals surface area contributed by atoms with Crippen LogP contribution in [0.15, 0.2) is 4.99 Å². The number of hydrogen-bond acceptors (Lipinski definition) is 3. The molecule has 0 bridgehead atoms. The van der Waals surface area contributed by atoms with Gasteiger partial charge in [0.2, 0.25) is 5.96 Å². The van der Waals surface area contributed by atoms with Crippen LogP contribution in [0.25, 0.3) is 0 Å². The van der Waals surface area contributed by atoms with Gasteiger partial charge in [0.15, 0.2) is 0 Å². The SMILES string of the molecule is COCC(C)NC(=NCC1C(C)(C)C1(C)C)NN. The average Bonchev–Trinajstić information content (AvgIpc) is 2.65. The Hall–Kier alpha value is -0.810. The summed E-state index contributed by atoms with van der Waals surface area (Å²) < 4.78 is 5.07. The van der Waals surface area contributed by atoms with Gasteiger partial charge in [0, 0.05) is 19.7 Å². The Morgan fingerprint density at radius 2 is 1.89 bits per heavy atom. The van der Waals surface area contributed by atoms with E-state index in [-0.39, 0.29) is 6.04 Å². The zero-order chi connectivity index (χ0) is 14.0. The van der Waals surface area contributed by atoms with Crippen molar-refractivity contribution in [3.05, 3.63) is 0 Å². The molecule has 1 aliphatic carbocycles. The molecule has 5 nitrogen and oxygen atoms in total. The van der Waals surface area contributed by atoms with Crippen LogP contribution in [0, 0.1) is 16.7 Å². The summed E-state index contributed by atoms with van der Waals surface area (Å²) in [5, 5.41) is 3.19. The monoisotopic (exact) mass is 256 g/mol. The van der Waals surface area contributed by atoms with E-state index in [1.807, 2.05) is 6.92 Å². The molecule has 1 fully saturated rings. The van der Waals surface area contributed by atoms with Crippen LogP contribution in [0.2, 0.25) is 0 Å². The number of methoxy groups -OCH3 is 1. The Bertz CT molecular complexity index is 298. The van der Waals surface area contributed by atoms with Crippen LogP contribution in [0.1, 0.15) is 34.6 Å². The Labute approximate surface area is 111 Å². The Morgan fingerprint density at radius 1 is 1.33 bits per heavy atom. The van der Waals surface area contributed by atoms with E-state index >= 15 is 0 Å². The van der Waals surface area contributed by atoms with Crippen molar-refractivity contribution < 1.29 is 4.74 Å². The smallest absolute Gasteiger partial charge is 0.206 e. The van der Waals surface area contributed by atoms with Gasteiger partial charge in [-0.1, -0.05) is 27.7 Å². The summed E-state index contributed by atoms with van der Waals surface area (Å²) >= 11 is 0.